The van der Waals surface area contributed by atoms with E-state index in [0.717, 1.165) is 0 Å². The summed E-state index contributed by atoms with van der Waals surface area (Å²) in [7, 11) is -1.01. The van der Waals surface area contributed by atoms with Crippen molar-refractivity contribution >= 4 is 22.4 Å². The van der Waals surface area contributed by atoms with Gasteiger partial charge >= 0.3 is 18.5 Å². The van der Waals surface area contributed by atoms with Gasteiger partial charge in [0.15, 0.2) is 0 Å². The monoisotopic (exact) mass is 572 g/mol. The van der Waals surface area contributed by atoms with E-state index in [4.69, 9.17) is 0 Å². The van der Waals surface area contributed by atoms with E-state index in [1.54, 1.807) is 0 Å². The molecule has 1 amide bonds. The van der Waals surface area contributed by atoms with Crippen LogP contribution in [0.4, 0.5) is 39.5 Å². The summed E-state index contributed by atoms with van der Waals surface area (Å²) in [5, 5.41) is 6.04. The largest absolute Gasteiger partial charge is 0.435 e. The highest BCUT2D eigenvalue weighted by molar-refractivity contribution is 7.86. The fraction of sp³-hybridized carbons (Fsp3) is 0.391. The maximum atomic E-state index is 14.2. The molecular formula is C23H17F9N2O3S. The van der Waals surface area contributed by atoms with Crippen molar-refractivity contribution in [2.75, 3.05) is 11.5 Å². The number of benzene rings is 2. The molecule has 1 fully saturated rings. The number of aryl methyl sites for hydroxylation is 1. The molecule has 0 radical (unpaired) electrons. The Morgan fingerprint density at radius 3 is 2.03 bits per heavy atom. The van der Waals surface area contributed by atoms with Crippen LogP contribution in [0.25, 0.3) is 0 Å². The van der Waals surface area contributed by atoms with Crippen LogP contribution in [0.5, 0.6) is 0 Å². The molecule has 1 saturated heterocycles. The molecule has 0 spiro atoms. The van der Waals surface area contributed by atoms with Gasteiger partial charge in [-0.3, -0.25) is 9.00 Å². The molecule has 0 aromatic heterocycles. The number of carbonyl (C=O) groups is 1. The Hall–Kier alpha value is -3.10. The van der Waals surface area contributed by atoms with E-state index < -0.39 is 69.7 Å². The molecule has 15 heteroatoms. The molecule has 5 nitrogen and oxygen atoms in total. The van der Waals surface area contributed by atoms with Crippen molar-refractivity contribution in [3.8, 4) is 0 Å². The van der Waals surface area contributed by atoms with Crippen molar-refractivity contribution < 1.29 is 53.4 Å². The first kappa shape index (κ1) is 27.9. The molecule has 2 aliphatic heterocycles. The first-order valence-corrected chi connectivity index (χ1v) is 12.3. The number of carbonyl (C=O) groups excluding carboxylic acids is 1. The SMILES string of the molecule is Cc1cc(C2=NOC(c3cc(C(F)(F)F)cc(C(F)(F)F)c3)(C(F)(F)F)C2)ccc1C(=O)NC1CS(=O)C1. The topological polar surface area (TPSA) is 67.8 Å². The lowest BCUT2D eigenvalue weighted by Gasteiger charge is -2.30. The second-order valence-corrected chi connectivity index (χ2v) is 10.4. The number of hydrogen-bond donors (Lipinski definition) is 1. The van der Waals surface area contributed by atoms with E-state index in [0.29, 0.717) is 17.1 Å². The van der Waals surface area contributed by atoms with Crippen LogP contribution in [0.3, 0.4) is 0 Å². The van der Waals surface area contributed by atoms with Gasteiger partial charge in [-0.25, -0.2) is 0 Å². The summed E-state index contributed by atoms with van der Waals surface area (Å²) in [4.78, 5) is 17.1. The maximum Gasteiger partial charge on any atom is 0.435 e. The molecule has 1 atom stereocenters. The molecular weight excluding hydrogens is 555 g/mol. The zero-order valence-corrected chi connectivity index (χ0v) is 20.0. The van der Waals surface area contributed by atoms with Gasteiger partial charge in [0.2, 0.25) is 0 Å². The molecule has 2 aromatic rings. The summed E-state index contributed by atoms with van der Waals surface area (Å²) >= 11 is 0. The predicted octanol–water partition coefficient (Wildman–Crippen LogP) is 5.48. The second kappa shape index (κ2) is 9.27. The van der Waals surface area contributed by atoms with Crippen LogP contribution in [0.2, 0.25) is 0 Å². The molecule has 206 valence electrons. The molecule has 38 heavy (non-hydrogen) atoms. The van der Waals surface area contributed by atoms with E-state index in [2.05, 4.69) is 15.3 Å². The number of alkyl halides is 9. The second-order valence-electron chi connectivity index (χ2n) is 8.90. The van der Waals surface area contributed by atoms with Crippen molar-refractivity contribution in [1.29, 1.82) is 0 Å². The standard InChI is InChI=1S/C23H17F9N2O3S/c1-11-4-12(2-3-17(11)19(35)33-16-9-38(36)10-16)18-8-20(37-34-18,23(30,31)32)13-5-14(21(24,25)26)7-15(6-13)22(27,28)29/h2-7,16H,8-10H2,1H3,(H,33,35). The Labute approximate surface area is 211 Å². The highest BCUT2D eigenvalue weighted by Crippen LogP contribution is 2.51. The van der Waals surface area contributed by atoms with Gasteiger partial charge in [-0.2, -0.15) is 39.5 Å². The Morgan fingerprint density at radius 2 is 1.55 bits per heavy atom. The molecule has 2 aromatic carbocycles. The van der Waals surface area contributed by atoms with Crippen molar-refractivity contribution in [1.82, 2.24) is 5.32 Å². The van der Waals surface area contributed by atoms with Gasteiger partial charge in [-0.15, -0.1) is 0 Å². The third-order valence-corrected chi connectivity index (χ3v) is 7.70. The van der Waals surface area contributed by atoms with E-state index in [1.165, 1.54) is 25.1 Å². The van der Waals surface area contributed by atoms with Crippen molar-refractivity contribution in [3.05, 3.63) is 69.8 Å². The lowest BCUT2D eigenvalue weighted by Crippen LogP contribution is -2.50. The summed E-state index contributed by atoms with van der Waals surface area (Å²) < 4.78 is 134. The van der Waals surface area contributed by atoms with Gasteiger partial charge in [0, 0.05) is 39.9 Å². The normalized spacial score (nSPS) is 23.9. The van der Waals surface area contributed by atoms with Crippen molar-refractivity contribution in [2.45, 2.75) is 43.5 Å². The van der Waals surface area contributed by atoms with Gasteiger partial charge in [-0.1, -0.05) is 11.2 Å². The Kier molecular flexibility index (Phi) is 6.81. The van der Waals surface area contributed by atoms with Gasteiger partial charge in [-0.05, 0) is 48.4 Å². The van der Waals surface area contributed by atoms with Crippen molar-refractivity contribution in [2.24, 2.45) is 5.16 Å². The van der Waals surface area contributed by atoms with Gasteiger partial charge in [0.05, 0.1) is 22.9 Å². The number of hydrogen-bond acceptors (Lipinski definition) is 4. The van der Waals surface area contributed by atoms with Crippen molar-refractivity contribution in [3.63, 3.8) is 0 Å². The number of nitrogens with zero attached hydrogens (tertiary/aromatic N) is 1. The molecule has 1 N–H and O–H groups in total. The minimum Gasteiger partial charge on any atom is -0.374 e. The van der Waals surface area contributed by atoms with E-state index in [-0.39, 0.29) is 35.4 Å². The average Bonchev–Trinajstić information content (AvgIpc) is 3.23. The minimum atomic E-state index is -5.46. The van der Waals surface area contributed by atoms with Crippen LogP contribution < -0.4 is 5.32 Å². The van der Waals surface area contributed by atoms with Gasteiger partial charge in [0.25, 0.3) is 11.5 Å². The van der Waals surface area contributed by atoms with Crippen LogP contribution in [-0.4, -0.2) is 39.6 Å². The molecule has 1 unspecified atom stereocenters. The number of halogens is 9. The Bertz CT molecular complexity index is 1290. The third-order valence-electron chi connectivity index (χ3n) is 6.15. The summed E-state index contributed by atoms with van der Waals surface area (Å²) in [6.45, 7) is 1.48. The molecule has 4 rings (SSSR count). The highest BCUT2D eigenvalue weighted by atomic mass is 32.2. The fourth-order valence-electron chi connectivity index (χ4n) is 4.09. The first-order valence-electron chi connectivity index (χ1n) is 10.8. The third kappa shape index (κ3) is 5.24. The zero-order valence-electron chi connectivity index (χ0n) is 19.1. The summed E-state index contributed by atoms with van der Waals surface area (Å²) in [5.74, 6) is 0.0817. The quantitative estimate of drug-likeness (QED) is 0.494. The van der Waals surface area contributed by atoms with E-state index in [9.17, 15) is 48.5 Å². The highest BCUT2D eigenvalue weighted by Gasteiger charge is 2.63. The van der Waals surface area contributed by atoms with Crippen LogP contribution in [0.1, 0.15) is 44.6 Å². The molecule has 0 bridgehead atoms. The molecule has 0 aliphatic carbocycles. The number of rotatable bonds is 4. The lowest BCUT2D eigenvalue weighted by atomic mass is 9.84. The van der Waals surface area contributed by atoms with Crippen LogP contribution >= 0.6 is 0 Å². The summed E-state index contributed by atoms with van der Waals surface area (Å²) in [5.41, 5.74) is -8.76. The van der Waals surface area contributed by atoms with E-state index in [1.807, 2.05) is 0 Å². The summed E-state index contributed by atoms with van der Waals surface area (Å²) in [6.07, 6.45) is -17.4. The molecule has 2 heterocycles. The van der Waals surface area contributed by atoms with Crippen LogP contribution in [-0.2, 0) is 33.6 Å². The zero-order chi connectivity index (χ0) is 28.3. The number of oxime groups is 1. The van der Waals surface area contributed by atoms with Crippen LogP contribution in [0, 0.1) is 6.92 Å². The van der Waals surface area contributed by atoms with Crippen LogP contribution in [0.15, 0.2) is 41.6 Å². The maximum absolute atomic E-state index is 14.2. The Balaban J connectivity index is 1.68. The van der Waals surface area contributed by atoms with Gasteiger partial charge in [0.1, 0.15) is 0 Å². The number of amides is 1. The van der Waals surface area contributed by atoms with Gasteiger partial charge < -0.3 is 10.2 Å². The smallest absolute Gasteiger partial charge is 0.374 e. The first-order chi connectivity index (χ1) is 17.4. The van der Waals surface area contributed by atoms with E-state index >= 15 is 0 Å². The molecule has 2 aliphatic rings. The predicted molar refractivity (Wildman–Crippen MR) is 117 cm³/mol. The lowest BCUT2D eigenvalue weighted by molar-refractivity contribution is -0.276. The molecule has 0 saturated carbocycles. The average molecular weight is 572 g/mol. The summed E-state index contributed by atoms with van der Waals surface area (Å²) in [6, 6.07) is 3.20. The fourth-order valence-corrected chi connectivity index (χ4v) is 5.06. The Morgan fingerprint density at radius 1 is 0.974 bits per heavy atom. The minimum absolute atomic E-state index is 0.0259. The number of nitrogens with one attached hydrogen (secondary N) is 1.